The standard InChI is InChI=1S/C17H17ClO3/c1-11-2-4-13(5-3-11)17(21)15(10-16(19)20)12-6-8-14(18)9-7-12/h2-9,15,17,21H,10H2,1H3,(H,19,20). The van der Waals surface area contributed by atoms with Crippen LogP contribution in [0.5, 0.6) is 0 Å². The largest absolute Gasteiger partial charge is 0.481 e. The number of rotatable bonds is 5. The predicted molar refractivity (Wildman–Crippen MR) is 82.6 cm³/mol. The van der Waals surface area contributed by atoms with E-state index in [4.69, 9.17) is 16.7 Å². The summed E-state index contributed by atoms with van der Waals surface area (Å²) in [5.41, 5.74) is 2.56. The van der Waals surface area contributed by atoms with Gasteiger partial charge in [-0.25, -0.2) is 0 Å². The van der Waals surface area contributed by atoms with Gasteiger partial charge in [0.05, 0.1) is 12.5 Å². The Morgan fingerprint density at radius 3 is 2.10 bits per heavy atom. The van der Waals surface area contributed by atoms with Gasteiger partial charge in [-0.15, -0.1) is 0 Å². The highest BCUT2D eigenvalue weighted by atomic mass is 35.5. The minimum absolute atomic E-state index is 0.142. The highest BCUT2D eigenvalue weighted by molar-refractivity contribution is 6.30. The fraction of sp³-hybridized carbons (Fsp3) is 0.235. The zero-order valence-electron chi connectivity index (χ0n) is 11.7. The second-order valence-electron chi connectivity index (χ2n) is 5.11. The summed E-state index contributed by atoms with van der Waals surface area (Å²) in [6, 6.07) is 14.4. The molecule has 2 rings (SSSR count). The number of benzene rings is 2. The molecule has 0 saturated heterocycles. The number of hydrogen-bond donors (Lipinski definition) is 2. The van der Waals surface area contributed by atoms with Crippen LogP contribution in [-0.4, -0.2) is 16.2 Å². The van der Waals surface area contributed by atoms with E-state index in [2.05, 4.69) is 0 Å². The van der Waals surface area contributed by atoms with Crippen LogP contribution >= 0.6 is 11.6 Å². The van der Waals surface area contributed by atoms with Crippen LogP contribution in [0, 0.1) is 6.92 Å². The summed E-state index contributed by atoms with van der Waals surface area (Å²) in [4.78, 5) is 11.1. The van der Waals surface area contributed by atoms with Gasteiger partial charge < -0.3 is 10.2 Å². The van der Waals surface area contributed by atoms with Gasteiger partial charge in [-0.2, -0.15) is 0 Å². The fourth-order valence-corrected chi connectivity index (χ4v) is 2.43. The van der Waals surface area contributed by atoms with Crippen molar-refractivity contribution >= 4 is 17.6 Å². The molecular formula is C17H17ClO3. The molecule has 3 nitrogen and oxygen atoms in total. The molecule has 0 aromatic heterocycles. The summed E-state index contributed by atoms with van der Waals surface area (Å²) >= 11 is 5.86. The number of aliphatic hydroxyl groups is 1. The van der Waals surface area contributed by atoms with E-state index < -0.39 is 18.0 Å². The first-order valence-corrected chi connectivity index (χ1v) is 7.07. The molecule has 0 aliphatic carbocycles. The Hall–Kier alpha value is -1.84. The quantitative estimate of drug-likeness (QED) is 0.879. The van der Waals surface area contributed by atoms with Crippen molar-refractivity contribution in [3.63, 3.8) is 0 Å². The molecule has 2 aromatic rings. The van der Waals surface area contributed by atoms with E-state index in [-0.39, 0.29) is 6.42 Å². The normalized spacial score (nSPS) is 13.7. The van der Waals surface area contributed by atoms with Crippen molar-refractivity contribution in [1.82, 2.24) is 0 Å². The third-order valence-electron chi connectivity index (χ3n) is 3.49. The first-order chi connectivity index (χ1) is 9.97. The van der Waals surface area contributed by atoms with E-state index in [1.54, 1.807) is 24.3 Å². The number of aryl methyl sites for hydroxylation is 1. The second-order valence-corrected chi connectivity index (χ2v) is 5.55. The predicted octanol–water partition coefficient (Wildman–Crippen LogP) is 3.94. The van der Waals surface area contributed by atoms with Crippen molar-refractivity contribution in [2.75, 3.05) is 0 Å². The van der Waals surface area contributed by atoms with Gasteiger partial charge in [-0.1, -0.05) is 53.6 Å². The summed E-state index contributed by atoms with van der Waals surface area (Å²) in [5.74, 6) is -1.46. The van der Waals surface area contributed by atoms with Gasteiger partial charge in [0.2, 0.25) is 0 Å². The average Bonchev–Trinajstić information content (AvgIpc) is 2.46. The van der Waals surface area contributed by atoms with Gasteiger partial charge >= 0.3 is 5.97 Å². The lowest BCUT2D eigenvalue weighted by Crippen LogP contribution is -2.15. The smallest absolute Gasteiger partial charge is 0.304 e. The van der Waals surface area contributed by atoms with Gasteiger partial charge in [0.1, 0.15) is 0 Å². The molecule has 21 heavy (non-hydrogen) atoms. The van der Waals surface area contributed by atoms with E-state index in [0.717, 1.165) is 11.1 Å². The first kappa shape index (κ1) is 15.5. The average molecular weight is 305 g/mol. The molecule has 0 aliphatic heterocycles. The summed E-state index contributed by atoms with van der Waals surface area (Å²) < 4.78 is 0. The fourth-order valence-electron chi connectivity index (χ4n) is 2.31. The lowest BCUT2D eigenvalue weighted by Gasteiger charge is -2.22. The monoisotopic (exact) mass is 304 g/mol. The molecule has 0 aliphatic rings. The maximum Gasteiger partial charge on any atom is 0.304 e. The number of carboxylic acids is 1. The molecule has 110 valence electrons. The van der Waals surface area contributed by atoms with E-state index in [9.17, 15) is 9.90 Å². The van der Waals surface area contributed by atoms with Crippen molar-refractivity contribution < 1.29 is 15.0 Å². The second kappa shape index (κ2) is 6.74. The van der Waals surface area contributed by atoms with E-state index in [0.29, 0.717) is 10.6 Å². The van der Waals surface area contributed by atoms with Crippen molar-refractivity contribution in [3.8, 4) is 0 Å². The highest BCUT2D eigenvalue weighted by Gasteiger charge is 2.25. The number of aliphatic hydroxyl groups excluding tert-OH is 1. The van der Waals surface area contributed by atoms with Crippen molar-refractivity contribution in [1.29, 1.82) is 0 Å². The maximum atomic E-state index is 11.1. The Balaban J connectivity index is 2.32. The van der Waals surface area contributed by atoms with Gasteiger partial charge in [0.25, 0.3) is 0 Å². The molecule has 4 heteroatoms. The van der Waals surface area contributed by atoms with Crippen LogP contribution in [0.3, 0.4) is 0 Å². The topological polar surface area (TPSA) is 57.5 Å². The first-order valence-electron chi connectivity index (χ1n) is 6.69. The lowest BCUT2D eigenvalue weighted by molar-refractivity contribution is -0.138. The SMILES string of the molecule is Cc1ccc(C(O)C(CC(=O)O)c2ccc(Cl)cc2)cc1. The number of carboxylic acid groups (broad SMARTS) is 1. The zero-order chi connectivity index (χ0) is 15.4. The maximum absolute atomic E-state index is 11.1. The number of halogens is 1. The molecule has 0 saturated carbocycles. The zero-order valence-corrected chi connectivity index (χ0v) is 12.4. The lowest BCUT2D eigenvalue weighted by atomic mass is 9.86. The van der Waals surface area contributed by atoms with Crippen LogP contribution < -0.4 is 0 Å². The Morgan fingerprint density at radius 2 is 1.57 bits per heavy atom. The summed E-state index contributed by atoms with van der Waals surface area (Å²) in [5, 5.41) is 20.2. The van der Waals surface area contributed by atoms with Gasteiger partial charge in [0, 0.05) is 10.9 Å². The van der Waals surface area contributed by atoms with Crippen LogP contribution in [0.2, 0.25) is 5.02 Å². The van der Waals surface area contributed by atoms with Gasteiger partial charge in [-0.05, 0) is 30.2 Å². The molecule has 0 radical (unpaired) electrons. The highest BCUT2D eigenvalue weighted by Crippen LogP contribution is 2.34. The molecule has 2 N–H and O–H groups in total. The van der Waals surface area contributed by atoms with Crippen LogP contribution in [0.4, 0.5) is 0 Å². The van der Waals surface area contributed by atoms with Crippen molar-refractivity contribution in [2.24, 2.45) is 0 Å². The molecule has 2 aromatic carbocycles. The summed E-state index contributed by atoms with van der Waals surface area (Å²) in [6.45, 7) is 1.96. The Bertz CT molecular complexity index is 605. The minimum Gasteiger partial charge on any atom is -0.481 e. The summed E-state index contributed by atoms with van der Waals surface area (Å²) in [6.07, 6.45) is -1.01. The Kier molecular flexibility index (Phi) is 4.99. The van der Waals surface area contributed by atoms with Gasteiger partial charge in [-0.3, -0.25) is 4.79 Å². The van der Waals surface area contributed by atoms with Crippen molar-refractivity contribution in [3.05, 3.63) is 70.2 Å². The molecule has 2 atom stereocenters. The third-order valence-corrected chi connectivity index (χ3v) is 3.74. The van der Waals surface area contributed by atoms with E-state index >= 15 is 0 Å². The van der Waals surface area contributed by atoms with Crippen molar-refractivity contribution in [2.45, 2.75) is 25.4 Å². The van der Waals surface area contributed by atoms with Crippen LogP contribution in [0.15, 0.2) is 48.5 Å². The number of hydrogen-bond acceptors (Lipinski definition) is 2. The number of carbonyl (C=O) groups is 1. The molecular weight excluding hydrogens is 288 g/mol. The molecule has 0 bridgehead atoms. The van der Waals surface area contributed by atoms with Crippen LogP contribution in [0.25, 0.3) is 0 Å². The molecule has 2 unspecified atom stereocenters. The third kappa shape index (κ3) is 4.06. The molecule has 0 fully saturated rings. The molecule has 0 heterocycles. The minimum atomic E-state index is -0.943. The molecule has 0 spiro atoms. The van der Waals surface area contributed by atoms with Crippen LogP contribution in [-0.2, 0) is 4.79 Å². The van der Waals surface area contributed by atoms with E-state index in [1.165, 1.54) is 0 Å². The molecule has 0 amide bonds. The Morgan fingerprint density at radius 1 is 1.05 bits per heavy atom. The van der Waals surface area contributed by atoms with Gasteiger partial charge in [0.15, 0.2) is 0 Å². The van der Waals surface area contributed by atoms with Crippen LogP contribution in [0.1, 0.15) is 35.1 Å². The summed E-state index contributed by atoms with van der Waals surface area (Å²) in [7, 11) is 0. The number of aliphatic carboxylic acids is 1. The van der Waals surface area contributed by atoms with E-state index in [1.807, 2.05) is 31.2 Å². The Labute approximate surface area is 128 Å².